The zero-order valence-electron chi connectivity index (χ0n) is 11.8. The van der Waals surface area contributed by atoms with Gasteiger partial charge in [-0.25, -0.2) is 14.6 Å². The normalized spacial score (nSPS) is 10.3. The van der Waals surface area contributed by atoms with E-state index in [0.717, 1.165) is 0 Å². The number of methoxy groups -OCH3 is 1. The highest BCUT2D eigenvalue weighted by atomic mass is 35.5. The predicted molar refractivity (Wildman–Crippen MR) is 79.9 cm³/mol. The summed E-state index contributed by atoms with van der Waals surface area (Å²) < 4.78 is 5.05. The van der Waals surface area contributed by atoms with Gasteiger partial charge in [-0.15, -0.1) is 0 Å². The van der Waals surface area contributed by atoms with E-state index in [4.69, 9.17) is 16.3 Å². The monoisotopic (exact) mass is 321 g/mol. The summed E-state index contributed by atoms with van der Waals surface area (Å²) in [7, 11) is 1.42. The average Bonchev–Trinajstić information content (AvgIpc) is 2.46. The van der Waals surface area contributed by atoms with Gasteiger partial charge in [0.25, 0.3) is 0 Å². The van der Waals surface area contributed by atoms with Gasteiger partial charge in [-0.1, -0.05) is 17.7 Å². The van der Waals surface area contributed by atoms with Crippen LogP contribution in [0.15, 0.2) is 24.4 Å². The van der Waals surface area contributed by atoms with Crippen LogP contribution in [-0.4, -0.2) is 34.2 Å². The number of benzene rings is 1. The lowest BCUT2D eigenvalue weighted by Gasteiger charge is -2.14. The summed E-state index contributed by atoms with van der Waals surface area (Å²) in [5.74, 6) is -2.15. The van der Waals surface area contributed by atoms with Crippen LogP contribution in [0.1, 0.15) is 26.3 Å². The van der Waals surface area contributed by atoms with E-state index in [1.54, 1.807) is 6.92 Å². The number of ether oxygens (including phenoxy) is 1. The van der Waals surface area contributed by atoms with E-state index in [9.17, 15) is 19.8 Å². The van der Waals surface area contributed by atoms with E-state index in [1.807, 2.05) is 0 Å². The first-order valence-electron chi connectivity index (χ1n) is 6.17. The van der Waals surface area contributed by atoms with Gasteiger partial charge in [0.05, 0.1) is 24.4 Å². The summed E-state index contributed by atoms with van der Waals surface area (Å²) in [6.45, 7) is 1.58. The maximum Gasteiger partial charge on any atom is 0.336 e. The molecule has 0 unspecified atom stereocenters. The molecular weight excluding hydrogens is 310 g/mol. The highest BCUT2D eigenvalue weighted by molar-refractivity contribution is 6.32. The molecule has 2 aromatic rings. The van der Waals surface area contributed by atoms with Gasteiger partial charge >= 0.3 is 11.9 Å². The van der Waals surface area contributed by atoms with Gasteiger partial charge in [-0.05, 0) is 24.6 Å². The lowest BCUT2D eigenvalue weighted by Crippen LogP contribution is -2.09. The fraction of sp³-hybridized carbons (Fsp3) is 0.133. The summed E-state index contributed by atoms with van der Waals surface area (Å²) in [5, 5.41) is 18.8. The third-order valence-electron chi connectivity index (χ3n) is 3.18. The number of rotatable bonds is 4. The average molecular weight is 322 g/mol. The summed E-state index contributed by atoms with van der Waals surface area (Å²) >= 11 is 6.04. The van der Waals surface area contributed by atoms with Crippen LogP contribution in [-0.2, 0) is 0 Å². The molecule has 114 valence electrons. The van der Waals surface area contributed by atoms with Gasteiger partial charge in [0.2, 0.25) is 0 Å². The van der Waals surface area contributed by atoms with E-state index < -0.39 is 11.9 Å². The van der Waals surface area contributed by atoms with Crippen molar-refractivity contribution in [2.75, 3.05) is 7.11 Å². The number of pyridine rings is 1. The second kappa shape index (κ2) is 6.03. The summed E-state index contributed by atoms with van der Waals surface area (Å²) in [5.41, 5.74) is 0.333. The molecule has 1 heterocycles. The quantitative estimate of drug-likeness (QED) is 0.840. The van der Waals surface area contributed by atoms with Gasteiger partial charge in [0.15, 0.2) is 0 Å². The SMILES string of the molecule is COc1cnc(Cl)c(-c2c(C(=O)O)ccc(C)c2C(=O)O)c1. The number of carboxylic acid groups (broad SMARTS) is 2. The Bertz CT molecular complexity index is 773. The summed E-state index contributed by atoms with van der Waals surface area (Å²) in [6.07, 6.45) is 1.36. The minimum atomic E-state index is -1.25. The van der Waals surface area contributed by atoms with Crippen molar-refractivity contribution in [3.8, 4) is 16.9 Å². The first-order valence-corrected chi connectivity index (χ1v) is 6.54. The number of aromatic carboxylic acids is 2. The number of aryl methyl sites for hydroxylation is 1. The smallest absolute Gasteiger partial charge is 0.336 e. The predicted octanol–water partition coefficient (Wildman–Crippen LogP) is 3.12. The van der Waals surface area contributed by atoms with Gasteiger partial charge in [-0.3, -0.25) is 0 Å². The molecule has 1 aromatic carbocycles. The topological polar surface area (TPSA) is 96.7 Å². The van der Waals surface area contributed by atoms with Crippen LogP contribution in [0.4, 0.5) is 0 Å². The summed E-state index contributed by atoms with van der Waals surface area (Å²) in [6, 6.07) is 4.25. The fourth-order valence-electron chi connectivity index (χ4n) is 2.16. The Labute approximate surface area is 130 Å². The largest absolute Gasteiger partial charge is 0.495 e. The van der Waals surface area contributed by atoms with Crippen LogP contribution in [0.5, 0.6) is 5.75 Å². The standard InChI is InChI=1S/C15H12ClNO5/c1-7-3-4-9(14(18)19)12(11(7)15(20)21)10-5-8(22-2)6-17-13(10)16/h3-6H,1-2H3,(H,18,19)(H,20,21). The molecule has 0 fully saturated rings. The highest BCUT2D eigenvalue weighted by Crippen LogP contribution is 2.36. The van der Waals surface area contributed by atoms with Gasteiger partial charge in [0, 0.05) is 11.1 Å². The first-order chi connectivity index (χ1) is 10.4. The molecule has 1 aromatic heterocycles. The molecule has 7 heteroatoms. The zero-order chi connectivity index (χ0) is 16.4. The van der Waals surface area contributed by atoms with Crippen LogP contribution in [0, 0.1) is 6.92 Å². The zero-order valence-corrected chi connectivity index (χ0v) is 12.5. The molecule has 0 aliphatic rings. The number of hydrogen-bond acceptors (Lipinski definition) is 4. The Morgan fingerprint density at radius 1 is 1.23 bits per heavy atom. The van der Waals surface area contributed by atoms with Crippen molar-refractivity contribution >= 4 is 23.5 Å². The fourth-order valence-corrected chi connectivity index (χ4v) is 2.35. The van der Waals surface area contributed by atoms with Crippen molar-refractivity contribution in [2.45, 2.75) is 6.92 Å². The molecule has 0 radical (unpaired) electrons. The Hall–Kier alpha value is -2.60. The molecule has 0 aliphatic carbocycles. The van der Waals surface area contributed by atoms with Crippen molar-refractivity contribution < 1.29 is 24.5 Å². The van der Waals surface area contributed by atoms with E-state index in [2.05, 4.69) is 4.98 Å². The van der Waals surface area contributed by atoms with Crippen molar-refractivity contribution in [1.82, 2.24) is 4.98 Å². The Morgan fingerprint density at radius 2 is 1.91 bits per heavy atom. The van der Waals surface area contributed by atoms with E-state index in [1.165, 1.54) is 31.5 Å². The third-order valence-corrected chi connectivity index (χ3v) is 3.48. The van der Waals surface area contributed by atoms with Gasteiger partial charge in [0.1, 0.15) is 10.9 Å². The number of nitrogens with zero attached hydrogens (tertiary/aromatic N) is 1. The van der Waals surface area contributed by atoms with Crippen LogP contribution in [0.2, 0.25) is 5.15 Å². The van der Waals surface area contributed by atoms with Gasteiger partial charge in [-0.2, -0.15) is 0 Å². The van der Waals surface area contributed by atoms with Crippen LogP contribution >= 0.6 is 11.6 Å². The van der Waals surface area contributed by atoms with Crippen molar-refractivity contribution in [3.63, 3.8) is 0 Å². The van der Waals surface area contributed by atoms with Crippen LogP contribution < -0.4 is 4.74 Å². The molecule has 2 N–H and O–H groups in total. The van der Waals surface area contributed by atoms with Gasteiger partial charge < -0.3 is 14.9 Å². The number of halogens is 1. The molecule has 22 heavy (non-hydrogen) atoms. The molecule has 0 bridgehead atoms. The molecular formula is C15H12ClNO5. The van der Waals surface area contributed by atoms with Crippen molar-refractivity contribution in [1.29, 1.82) is 0 Å². The third kappa shape index (κ3) is 2.73. The van der Waals surface area contributed by atoms with E-state index in [-0.39, 0.29) is 27.4 Å². The van der Waals surface area contributed by atoms with Crippen LogP contribution in [0.25, 0.3) is 11.1 Å². The lowest BCUT2D eigenvalue weighted by atomic mass is 9.92. The molecule has 2 rings (SSSR count). The second-order valence-corrected chi connectivity index (χ2v) is 4.86. The minimum absolute atomic E-state index is 0.00333. The number of hydrogen-bond donors (Lipinski definition) is 2. The van der Waals surface area contributed by atoms with Crippen LogP contribution in [0.3, 0.4) is 0 Å². The molecule has 0 atom stereocenters. The maximum absolute atomic E-state index is 11.6. The Kier molecular flexibility index (Phi) is 4.32. The van der Waals surface area contributed by atoms with E-state index >= 15 is 0 Å². The Balaban J connectivity index is 2.91. The number of carbonyl (C=O) groups is 2. The van der Waals surface area contributed by atoms with E-state index in [0.29, 0.717) is 11.3 Å². The maximum atomic E-state index is 11.6. The molecule has 0 amide bonds. The van der Waals surface area contributed by atoms with Crippen molar-refractivity contribution in [2.24, 2.45) is 0 Å². The summed E-state index contributed by atoms with van der Waals surface area (Å²) in [4.78, 5) is 26.9. The lowest BCUT2D eigenvalue weighted by molar-refractivity contribution is 0.0695. The highest BCUT2D eigenvalue weighted by Gasteiger charge is 2.24. The molecule has 0 aliphatic heterocycles. The molecule has 0 spiro atoms. The molecule has 0 saturated heterocycles. The molecule has 0 saturated carbocycles. The van der Waals surface area contributed by atoms with Crippen molar-refractivity contribution in [3.05, 3.63) is 46.2 Å². The Morgan fingerprint density at radius 3 is 2.45 bits per heavy atom. The molecule has 6 nitrogen and oxygen atoms in total. The number of aromatic nitrogens is 1. The number of carboxylic acids is 2. The first kappa shape index (κ1) is 15.8. The minimum Gasteiger partial charge on any atom is -0.495 e. The second-order valence-electron chi connectivity index (χ2n) is 4.50.